The van der Waals surface area contributed by atoms with Crippen molar-refractivity contribution in [1.29, 1.82) is 0 Å². The third-order valence-electron chi connectivity index (χ3n) is 6.12. The molecular weight excluding hydrogens is 410 g/mol. The maximum absolute atomic E-state index is 13.1. The van der Waals surface area contributed by atoms with E-state index in [-0.39, 0.29) is 5.91 Å². The van der Waals surface area contributed by atoms with E-state index < -0.39 is 0 Å². The highest BCUT2D eigenvalue weighted by Gasteiger charge is 2.25. The van der Waals surface area contributed by atoms with Crippen molar-refractivity contribution < 1.29 is 19.0 Å². The van der Waals surface area contributed by atoms with Crippen molar-refractivity contribution in [3.8, 4) is 17.2 Å². The molecule has 0 N–H and O–H groups in total. The number of benzene rings is 1. The van der Waals surface area contributed by atoms with Crippen LogP contribution in [0, 0.1) is 0 Å². The number of hydrogen-bond acceptors (Lipinski definition) is 8. The van der Waals surface area contributed by atoms with Gasteiger partial charge in [0.15, 0.2) is 23.1 Å². The van der Waals surface area contributed by atoms with E-state index in [1.165, 1.54) is 19.3 Å². The van der Waals surface area contributed by atoms with Crippen molar-refractivity contribution in [2.75, 3.05) is 70.4 Å². The van der Waals surface area contributed by atoms with Crippen molar-refractivity contribution in [3.63, 3.8) is 0 Å². The second-order valence-corrected chi connectivity index (χ2v) is 7.99. The quantitative estimate of drug-likeness (QED) is 0.676. The summed E-state index contributed by atoms with van der Waals surface area (Å²) in [6, 6.07) is 7.48. The molecule has 0 aliphatic carbocycles. The van der Waals surface area contributed by atoms with Gasteiger partial charge in [-0.2, -0.15) is 0 Å². The third-order valence-corrected chi connectivity index (χ3v) is 6.12. The molecule has 0 spiro atoms. The average molecular weight is 442 g/mol. The Bertz CT molecular complexity index is 897. The molecule has 0 atom stereocenters. The minimum atomic E-state index is -0.0598. The van der Waals surface area contributed by atoms with Crippen molar-refractivity contribution >= 4 is 17.5 Å². The minimum Gasteiger partial charge on any atom is -0.493 e. The van der Waals surface area contributed by atoms with Crippen LogP contribution in [0.25, 0.3) is 0 Å². The first-order valence-electron chi connectivity index (χ1n) is 11.1. The van der Waals surface area contributed by atoms with Gasteiger partial charge in [0.05, 0.1) is 21.3 Å². The molecule has 0 unspecified atom stereocenters. The molecule has 4 rings (SSSR count). The monoisotopic (exact) mass is 441 g/mol. The third kappa shape index (κ3) is 4.51. The highest BCUT2D eigenvalue weighted by molar-refractivity contribution is 5.95. The van der Waals surface area contributed by atoms with E-state index in [2.05, 4.69) is 26.1 Å². The lowest BCUT2D eigenvalue weighted by atomic mass is 10.1. The molecule has 1 aromatic heterocycles. The van der Waals surface area contributed by atoms with Crippen LogP contribution in [0.3, 0.4) is 0 Å². The smallest absolute Gasteiger partial charge is 0.254 e. The van der Waals surface area contributed by atoms with Crippen LogP contribution in [-0.4, -0.2) is 81.6 Å². The molecule has 0 radical (unpaired) electrons. The average Bonchev–Trinajstić information content (AvgIpc) is 2.88. The molecule has 1 aromatic carbocycles. The van der Waals surface area contributed by atoms with Gasteiger partial charge in [0.1, 0.15) is 0 Å². The van der Waals surface area contributed by atoms with E-state index in [0.29, 0.717) is 49.0 Å². The fourth-order valence-corrected chi connectivity index (χ4v) is 4.30. The van der Waals surface area contributed by atoms with Gasteiger partial charge in [0, 0.05) is 44.8 Å². The van der Waals surface area contributed by atoms with E-state index in [0.717, 1.165) is 24.7 Å². The molecule has 172 valence electrons. The molecule has 2 fully saturated rings. The highest BCUT2D eigenvalue weighted by atomic mass is 16.5. The molecular formula is C23H31N5O4. The molecule has 0 bridgehead atoms. The Hall–Kier alpha value is -3.23. The van der Waals surface area contributed by atoms with Gasteiger partial charge in [0.25, 0.3) is 5.91 Å². The molecule has 2 aliphatic heterocycles. The van der Waals surface area contributed by atoms with Crippen LogP contribution in [-0.2, 0) is 0 Å². The first-order valence-corrected chi connectivity index (χ1v) is 11.1. The number of amides is 1. The largest absolute Gasteiger partial charge is 0.493 e. The molecule has 9 nitrogen and oxygen atoms in total. The fraction of sp³-hybridized carbons (Fsp3) is 0.522. The number of carbonyl (C=O) groups excluding carboxylic acids is 1. The summed E-state index contributed by atoms with van der Waals surface area (Å²) in [6.07, 6.45) is 3.72. The Balaban J connectivity index is 1.40. The Labute approximate surface area is 188 Å². The molecule has 3 heterocycles. The zero-order valence-corrected chi connectivity index (χ0v) is 19.0. The van der Waals surface area contributed by atoms with Gasteiger partial charge >= 0.3 is 0 Å². The van der Waals surface area contributed by atoms with Crippen LogP contribution in [0.15, 0.2) is 24.3 Å². The maximum Gasteiger partial charge on any atom is 0.254 e. The predicted octanol–water partition coefficient (Wildman–Crippen LogP) is 2.46. The summed E-state index contributed by atoms with van der Waals surface area (Å²) in [5.74, 6) is 3.16. The predicted molar refractivity (Wildman–Crippen MR) is 122 cm³/mol. The fourth-order valence-electron chi connectivity index (χ4n) is 4.30. The van der Waals surface area contributed by atoms with Gasteiger partial charge < -0.3 is 28.9 Å². The van der Waals surface area contributed by atoms with E-state index in [1.807, 2.05) is 11.0 Å². The minimum absolute atomic E-state index is 0.0598. The summed E-state index contributed by atoms with van der Waals surface area (Å²) >= 11 is 0. The van der Waals surface area contributed by atoms with Gasteiger partial charge in [-0.15, -0.1) is 10.2 Å². The number of rotatable bonds is 6. The van der Waals surface area contributed by atoms with Crippen molar-refractivity contribution in [1.82, 2.24) is 15.1 Å². The summed E-state index contributed by atoms with van der Waals surface area (Å²) in [5, 5.41) is 8.90. The van der Waals surface area contributed by atoms with Crippen molar-refractivity contribution in [3.05, 3.63) is 29.8 Å². The maximum atomic E-state index is 13.1. The second kappa shape index (κ2) is 9.93. The number of carbonyl (C=O) groups is 1. The Morgan fingerprint density at radius 3 is 1.75 bits per heavy atom. The molecule has 1 amide bonds. The number of piperazine rings is 1. The van der Waals surface area contributed by atoms with Crippen molar-refractivity contribution in [2.45, 2.75) is 19.3 Å². The number of hydrogen-bond donors (Lipinski definition) is 0. The van der Waals surface area contributed by atoms with E-state index >= 15 is 0 Å². The number of piperidine rings is 1. The molecule has 2 saturated heterocycles. The van der Waals surface area contributed by atoms with Crippen LogP contribution < -0.4 is 24.0 Å². The summed E-state index contributed by atoms with van der Waals surface area (Å²) in [5.41, 5.74) is 0.513. The zero-order valence-electron chi connectivity index (χ0n) is 19.0. The first-order chi connectivity index (χ1) is 15.6. The van der Waals surface area contributed by atoms with Crippen LogP contribution in [0.5, 0.6) is 17.2 Å². The van der Waals surface area contributed by atoms with Gasteiger partial charge in [-0.25, -0.2) is 0 Å². The van der Waals surface area contributed by atoms with Gasteiger partial charge in [-0.1, -0.05) is 0 Å². The number of ether oxygens (including phenoxy) is 3. The Morgan fingerprint density at radius 1 is 0.750 bits per heavy atom. The van der Waals surface area contributed by atoms with Crippen molar-refractivity contribution in [2.24, 2.45) is 0 Å². The summed E-state index contributed by atoms with van der Waals surface area (Å²) in [4.78, 5) is 19.4. The lowest BCUT2D eigenvalue weighted by Gasteiger charge is -2.35. The summed E-state index contributed by atoms with van der Waals surface area (Å²) in [7, 11) is 4.63. The molecule has 2 aromatic rings. The van der Waals surface area contributed by atoms with E-state index in [4.69, 9.17) is 14.2 Å². The van der Waals surface area contributed by atoms with Gasteiger partial charge in [-0.3, -0.25) is 4.79 Å². The highest BCUT2D eigenvalue weighted by Crippen LogP contribution is 2.38. The molecule has 32 heavy (non-hydrogen) atoms. The Morgan fingerprint density at radius 2 is 1.28 bits per heavy atom. The normalized spacial score (nSPS) is 16.7. The summed E-state index contributed by atoms with van der Waals surface area (Å²) in [6.45, 7) is 4.71. The number of aromatic nitrogens is 2. The SMILES string of the molecule is COc1cc(C(=O)N2CCN(c3ccc(N4CCCCC4)nn3)CC2)cc(OC)c1OC. The number of nitrogens with zero attached hydrogens (tertiary/aromatic N) is 5. The number of anilines is 2. The van der Waals surface area contributed by atoms with Gasteiger partial charge in [-0.05, 0) is 43.5 Å². The van der Waals surface area contributed by atoms with Crippen LogP contribution >= 0.6 is 0 Å². The standard InChI is InChI=1S/C23H31N5O4/c1-30-18-15-17(16-19(31-2)22(18)32-3)23(29)28-13-11-27(12-14-28)21-8-7-20(24-25-21)26-9-5-4-6-10-26/h7-8,15-16H,4-6,9-14H2,1-3H3. The lowest BCUT2D eigenvalue weighted by Crippen LogP contribution is -2.49. The molecule has 2 aliphatic rings. The van der Waals surface area contributed by atoms with Crippen LogP contribution in [0.1, 0.15) is 29.6 Å². The first kappa shape index (κ1) is 22.0. The second-order valence-electron chi connectivity index (χ2n) is 7.99. The van der Waals surface area contributed by atoms with Gasteiger partial charge in [0.2, 0.25) is 5.75 Å². The lowest BCUT2D eigenvalue weighted by molar-refractivity contribution is 0.0745. The zero-order chi connectivity index (χ0) is 22.5. The Kier molecular flexibility index (Phi) is 6.82. The topological polar surface area (TPSA) is 80.3 Å². The number of methoxy groups -OCH3 is 3. The van der Waals surface area contributed by atoms with E-state index in [1.54, 1.807) is 33.5 Å². The molecule has 9 heteroatoms. The van der Waals surface area contributed by atoms with E-state index in [9.17, 15) is 4.79 Å². The molecule has 0 saturated carbocycles. The van der Waals surface area contributed by atoms with Crippen LogP contribution in [0.2, 0.25) is 0 Å². The van der Waals surface area contributed by atoms with Crippen LogP contribution in [0.4, 0.5) is 11.6 Å². The summed E-state index contributed by atoms with van der Waals surface area (Å²) < 4.78 is 16.1.